The average molecular weight is 242 g/mol. The Hall–Kier alpha value is -0.610. The highest BCUT2D eigenvalue weighted by atomic mass is 16.3. The number of carbonyl (C=O) groups excluding carboxylic acids is 1. The monoisotopic (exact) mass is 242 g/mol. The first-order valence-electron chi connectivity index (χ1n) is 6.84. The van der Waals surface area contributed by atoms with Gasteiger partial charge < -0.3 is 15.7 Å². The quantitative estimate of drug-likeness (QED) is 0.585. The Kier molecular flexibility index (Phi) is 7.21. The zero-order chi connectivity index (χ0) is 12.5. The zero-order valence-corrected chi connectivity index (χ0v) is 10.9. The highest BCUT2D eigenvalue weighted by Gasteiger charge is 2.16. The van der Waals surface area contributed by atoms with E-state index < -0.39 is 0 Å². The second-order valence-electron chi connectivity index (χ2n) is 5.11. The summed E-state index contributed by atoms with van der Waals surface area (Å²) in [5.41, 5.74) is 0. The molecule has 1 aliphatic rings. The summed E-state index contributed by atoms with van der Waals surface area (Å²) in [7, 11) is 0. The number of aliphatic hydroxyl groups is 1. The van der Waals surface area contributed by atoms with Crippen molar-refractivity contribution in [2.45, 2.75) is 51.6 Å². The summed E-state index contributed by atoms with van der Waals surface area (Å²) in [4.78, 5) is 11.6. The summed E-state index contributed by atoms with van der Waals surface area (Å²) in [5, 5.41) is 15.0. The van der Waals surface area contributed by atoms with E-state index in [1.54, 1.807) is 6.92 Å². The molecule has 17 heavy (non-hydrogen) atoms. The number of nitrogens with one attached hydrogen (secondary N) is 2. The average Bonchev–Trinajstić information content (AvgIpc) is 2.29. The largest absolute Gasteiger partial charge is 0.392 e. The third kappa shape index (κ3) is 7.34. The van der Waals surface area contributed by atoms with Crippen LogP contribution in [0.5, 0.6) is 0 Å². The van der Waals surface area contributed by atoms with E-state index in [1.807, 2.05) is 0 Å². The molecule has 3 N–H and O–H groups in total. The van der Waals surface area contributed by atoms with E-state index in [9.17, 15) is 4.79 Å². The molecule has 0 radical (unpaired) electrons. The molecule has 1 atom stereocenters. The first kappa shape index (κ1) is 14.5. The highest BCUT2D eigenvalue weighted by Crippen LogP contribution is 2.25. The van der Waals surface area contributed by atoms with Crippen molar-refractivity contribution >= 4 is 5.91 Å². The van der Waals surface area contributed by atoms with Gasteiger partial charge in [-0.1, -0.05) is 19.3 Å². The topological polar surface area (TPSA) is 61.4 Å². The number of amides is 1. The number of aliphatic hydroxyl groups excluding tert-OH is 1. The molecule has 0 aromatic rings. The lowest BCUT2D eigenvalue weighted by molar-refractivity contribution is -0.122. The van der Waals surface area contributed by atoms with Crippen LogP contribution < -0.4 is 10.6 Å². The van der Waals surface area contributed by atoms with Gasteiger partial charge in [-0.15, -0.1) is 0 Å². The fourth-order valence-corrected chi connectivity index (χ4v) is 2.33. The van der Waals surface area contributed by atoms with E-state index >= 15 is 0 Å². The summed E-state index contributed by atoms with van der Waals surface area (Å²) in [5.74, 6) is 0.782. The van der Waals surface area contributed by atoms with Crippen molar-refractivity contribution in [2.24, 2.45) is 5.92 Å². The van der Waals surface area contributed by atoms with Gasteiger partial charge in [-0.05, 0) is 25.7 Å². The normalized spacial score (nSPS) is 18.9. The maximum absolute atomic E-state index is 11.6. The summed E-state index contributed by atoms with van der Waals surface area (Å²) < 4.78 is 0. The van der Waals surface area contributed by atoms with E-state index in [0.717, 1.165) is 6.54 Å². The van der Waals surface area contributed by atoms with Crippen LogP contribution in [-0.4, -0.2) is 36.8 Å². The summed E-state index contributed by atoms with van der Waals surface area (Å²) in [6, 6.07) is 0. The minimum atomic E-state index is -0.326. The van der Waals surface area contributed by atoms with Gasteiger partial charge >= 0.3 is 0 Å². The van der Waals surface area contributed by atoms with Gasteiger partial charge in [0.1, 0.15) is 0 Å². The molecule has 0 spiro atoms. The van der Waals surface area contributed by atoms with Crippen LogP contribution in [0.3, 0.4) is 0 Å². The van der Waals surface area contributed by atoms with E-state index in [0.29, 0.717) is 25.4 Å². The molecule has 1 amide bonds. The third-order valence-corrected chi connectivity index (χ3v) is 3.26. The Morgan fingerprint density at radius 2 is 2.00 bits per heavy atom. The van der Waals surface area contributed by atoms with Crippen LogP contribution in [0.15, 0.2) is 0 Å². The number of hydrogen-bond donors (Lipinski definition) is 3. The Morgan fingerprint density at radius 1 is 1.29 bits per heavy atom. The Labute approximate surface area is 104 Å². The van der Waals surface area contributed by atoms with E-state index in [1.165, 1.54) is 32.1 Å². The van der Waals surface area contributed by atoms with Crippen molar-refractivity contribution in [3.63, 3.8) is 0 Å². The molecule has 0 aromatic carbocycles. The first-order chi connectivity index (χ1) is 8.18. The SMILES string of the molecule is CC(O)CNCCNC(=O)CC1CCCCC1. The zero-order valence-electron chi connectivity index (χ0n) is 10.9. The van der Waals surface area contributed by atoms with Crippen molar-refractivity contribution in [2.75, 3.05) is 19.6 Å². The van der Waals surface area contributed by atoms with Crippen molar-refractivity contribution in [3.8, 4) is 0 Å². The van der Waals surface area contributed by atoms with Crippen molar-refractivity contribution in [3.05, 3.63) is 0 Å². The number of carbonyl (C=O) groups is 1. The van der Waals surface area contributed by atoms with Crippen LogP contribution in [0, 0.1) is 5.92 Å². The molecule has 0 bridgehead atoms. The van der Waals surface area contributed by atoms with Crippen LogP contribution in [0.4, 0.5) is 0 Å². The molecule has 4 heteroatoms. The van der Waals surface area contributed by atoms with Gasteiger partial charge in [-0.3, -0.25) is 4.79 Å². The van der Waals surface area contributed by atoms with Crippen LogP contribution in [0.25, 0.3) is 0 Å². The van der Waals surface area contributed by atoms with Gasteiger partial charge in [0.05, 0.1) is 6.10 Å². The summed E-state index contributed by atoms with van der Waals surface area (Å²) in [6.45, 7) is 3.70. The van der Waals surface area contributed by atoms with E-state index in [2.05, 4.69) is 10.6 Å². The predicted molar refractivity (Wildman–Crippen MR) is 68.8 cm³/mol. The minimum absolute atomic E-state index is 0.177. The van der Waals surface area contributed by atoms with Gasteiger partial charge in [0, 0.05) is 26.1 Å². The molecule has 1 rings (SSSR count). The predicted octanol–water partition coefficient (Wildman–Crippen LogP) is 1.04. The molecule has 1 unspecified atom stereocenters. The molecule has 4 nitrogen and oxygen atoms in total. The van der Waals surface area contributed by atoms with Crippen molar-refractivity contribution in [1.29, 1.82) is 0 Å². The second kappa shape index (κ2) is 8.48. The summed E-state index contributed by atoms with van der Waals surface area (Å²) in [6.07, 6.45) is 6.70. The molecule has 0 heterocycles. The van der Waals surface area contributed by atoms with Crippen LogP contribution in [-0.2, 0) is 4.79 Å². The molecule has 1 saturated carbocycles. The van der Waals surface area contributed by atoms with Gasteiger partial charge in [0.25, 0.3) is 0 Å². The van der Waals surface area contributed by atoms with Gasteiger partial charge in [0.2, 0.25) is 5.91 Å². The molecule has 1 fully saturated rings. The van der Waals surface area contributed by atoms with Crippen molar-refractivity contribution in [1.82, 2.24) is 10.6 Å². The maximum atomic E-state index is 11.6. The second-order valence-corrected chi connectivity index (χ2v) is 5.11. The van der Waals surface area contributed by atoms with E-state index in [-0.39, 0.29) is 12.0 Å². The maximum Gasteiger partial charge on any atom is 0.220 e. The molecule has 100 valence electrons. The Bertz CT molecular complexity index is 213. The van der Waals surface area contributed by atoms with Crippen LogP contribution in [0.2, 0.25) is 0 Å². The third-order valence-electron chi connectivity index (χ3n) is 3.26. The smallest absolute Gasteiger partial charge is 0.220 e. The Morgan fingerprint density at radius 3 is 2.65 bits per heavy atom. The summed E-state index contributed by atoms with van der Waals surface area (Å²) >= 11 is 0. The fourth-order valence-electron chi connectivity index (χ4n) is 2.33. The molecular formula is C13H26N2O2. The molecule has 0 saturated heterocycles. The lowest BCUT2D eigenvalue weighted by Gasteiger charge is -2.20. The van der Waals surface area contributed by atoms with Gasteiger partial charge in [-0.2, -0.15) is 0 Å². The lowest BCUT2D eigenvalue weighted by atomic mass is 9.87. The van der Waals surface area contributed by atoms with Gasteiger partial charge in [0.15, 0.2) is 0 Å². The van der Waals surface area contributed by atoms with Crippen molar-refractivity contribution < 1.29 is 9.90 Å². The molecule has 0 aromatic heterocycles. The molecular weight excluding hydrogens is 216 g/mol. The van der Waals surface area contributed by atoms with Gasteiger partial charge in [-0.25, -0.2) is 0 Å². The minimum Gasteiger partial charge on any atom is -0.392 e. The first-order valence-corrected chi connectivity index (χ1v) is 6.84. The Balaban J connectivity index is 1.97. The molecule has 0 aliphatic heterocycles. The van der Waals surface area contributed by atoms with E-state index in [4.69, 9.17) is 5.11 Å². The van der Waals surface area contributed by atoms with Crippen LogP contribution in [0.1, 0.15) is 45.4 Å². The number of rotatable bonds is 7. The lowest BCUT2D eigenvalue weighted by Crippen LogP contribution is -2.35. The standard InChI is InChI=1S/C13H26N2O2/c1-11(16)10-14-7-8-15-13(17)9-12-5-3-2-4-6-12/h11-12,14,16H,2-10H2,1H3,(H,15,17). The number of hydrogen-bond acceptors (Lipinski definition) is 3. The highest BCUT2D eigenvalue weighted by molar-refractivity contribution is 5.76. The van der Waals surface area contributed by atoms with Crippen LogP contribution >= 0.6 is 0 Å². The molecule has 1 aliphatic carbocycles. The fraction of sp³-hybridized carbons (Fsp3) is 0.923.